The van der Waals surface area contributed by atoms with Gasteiger partial charge in [-0.05, 0) is 31.3 Å². The molecule has 1 rings (SSSR count). The van der Waals surface area contributed by atoms with Gasteiger partial charge in [0.1, 0.15) is 0 Å². The number of hydrogen-bond acceptors (Lipinski definition) is 3. The lowest BCUT2D eigenvalue weighted by Gasteiger charge is -2.27. The zero-order chi connectivity index (χ0) is 13.6. The number of carbonyl (C=O) groups is 1. The number of carbonyl (C=O) groups excluding carboxylic acids is 1. The Morgan fingerprint density at radius 3 is 2.50 bits per heavy atom. The molecule has 4 heteroatoms. The molecule has 0 aromatic rings. The highest BCUT2D eigenvalue weighted by molar-refractivity contribution is 5.75. The van der Waals surface area contributed by atoms with Gasteiger partial charge in [0, 0.05) is 13.6 Å². The van der Waals surface area contributed by atoms with E-state index in [1.165, 1.54) is 0 Å². The van der Waals surface area contributed by atoms with E-state index in [1.807, 2.05) is 11.9 Å². The van der Waals surface area contributed by atoms with Crippen LogP contribution in [0.4, 0.5) is 0 Å². The molecule has 0 aliphatic carbocycles. The molecular weight excluding hydrogens is 228 g/mol. The predicted octanol–water partition coefficient (Wildman–Crippen LogP) is 1.65. The van der Waals surface area contributed by atoms with E-state index < -0.39 is 0 Å². The summed E-state index contributed by atoms with van der Waals surface area (Å²) in [5.74, 6) is 0.179. The van der Waals surface area contributed by atoms with Crippen molar-refractivity contribution in [1.29, 1.82) is 0 Å². The maximum Gasteiger partial charge on any atom is 0.224 e. The fraction of sp³-hybridized carbons (Fsp3) is 0.929. The first-order chi connectivity index (χ1) is 8.38. The van der Waals surface area contributed by atoms with Gasteiger partial charge in [0.15, 0.2) is 0 Å². The van der Waals surface area contributed by atoms with Crippen LogP contribution >= 0.6 is 0 Å². The first kappa shape index (κ1) is 15.4. The fourth-order valence-electron chi connectivity index (χ4n) is 2.27. The molecule has 0 aromatic heterocycles. The van der Waals surface area contributed by atoms with Crippen LogP contribution < -0.4 is 5.32 Å². The Hall–Kier alpha value is -0.610. The molecule has 0 atom stereocenters. The summed E-state index contributed by atoms with van der Waals surface area (Å²) < 4.78 is 5.75. The van der Waals surface area contributed by atoms with Crippen molar-refractivity contribution >= 4 is 5.91 Å². The molecule has 0 bridgehead atoms. The van der Waals surface area contributed by atoms with Crippen LogP contribution in [0.3, 0.4) is 0 Å². The Kier molecular flexibility index (Phi) is 6.09. The third-order valence-corrected chi connectivity index (χ3v) is 3.09. The van der Waals surface area contributed by atoms with Gasteiger partial charge >= 0.3 is 0 Å². The third-order valence-electron chi connectivity index (χ3n) is 3.09. The molecule has 0 unspecified atom stereocenters. The molecule has 0 radical (unpaired) electrons. The molecule has 0 aromatic carbocycles. The molecule has 0 saturated carbocycles. The lowest BCUT2D eigenvalue weighted by Crippen LogP contribution is -2.36. The lowest BCUT2D eigenvalue weighted by molar-refractivity contribution is -0.132. The number of nitrogens with zero attached hydrogens (tertiary/aromatic N) is 1. The average molecular weight is 256 g/mol. The van der Waals surface area contributed by atoms with Gasteiger partial charge in [-0.2, -0.15) is 0 Å². The number of rotatable bonds is 5. The number of hydrogen-bond donors (Lipinski definition) is 1. The quantitative estimate of drug-likeness (QED) is 0.813. The first-order valence-electron chi connectivity index (χ1n) is 6.95. The second-order valence-electron chi connectivity index (χ2n) is 6.38. The smallest absolute Gasteiger partial charge is 0.224 e. The van der Waals surface area contributed by atoms with E-state index in [4.69, 9.17) is 4.74 Å². The second-order valence-corrected chi connectivity index (χ2v) is 6.38. The van der Waals surface area contributed by atoms with Crippen molar-refractivity contribution in [2.24, 2.45) is 5.41 Å². The maximum absolute atomic E-state index is 11.9. The van der Waals surface area contributed by atoms with E-state index in [9.17, 15) is 4.79 Å². The van der Waals surface area contributed by atoms with Gasteiger partial charge in [-0.15, -0.1) is 0 Å². The summed E-state index contributed by atoms with van der Waals surface area (Å²) in [6.07, 6.45) is 2.96. The van der Waals surface area contributed by atoms with Crippen LogP contribution in [0.25, 0.3) is 0 Å². The Bertz CT molecular complexity index is 255. The zero-order valence-corrected chi connectivity index (χ0v) is 12.3. The van der Waals surface area contributed by atoms with Gasteiger partial charge in [0.2, 0.25) is 5.91 Å². The summed E-state index contributed by atoms with van der Waals surface area (Å²) in [7, 11) is 1.87. The monoisotopic (exact) mass is 256 g/mol. The van der Waals surface area contributed by atoms with Crippen LogP contribution in [0.15, 0.2) is 0 Å². The van der Waals surface area contributed by atoms with Crippen molar-refractivity contribution < 1.29 is 9.53 Å². The van der Waals surface area contributed by atoms with E-state index in [-0.39, 0.29) is 11.3 Å². The van der Waals surface area contributed by atoms with Crippen molar-refractivity contribution in [3.63, 3.8) is 0 Å². The standard InChI is InChI=1S/C14H28N2O2/c1-14(2,3)11-16(4)13(17)7-10-18-12-5-8-15-9-6-12/h12,15H,5-11H2,1-4H3. The predicted molar refractivity (Wildman–Crippen MR) is 73.6 cm³/mol. The van der Waals surface area contributed by atoms with Crippen molar-refractivity contribution in [2.45, 2.75) is 46.1 Å². The van der Waals surface area contributed by atoms with E-state index in [0.29, 0.717) is 19.1 Å². The molecule has 1 saturated heterocycles. The number of nitrogens with one attached hydrogen (secondary N) is 1. The van der Waals surface area contributed by atoms with Crippen molar-refractivity contribution in [2.75, 3.05) is 33.3 Å². The molecule has 1 aliphatic rings. The van der Waals surface area contributed by atoms with Gasteiger partial charge in [-0.1, -0.05) is 20.8 Å². The summed E-state index contributed by atoms with van der Waals surface area (Å²) in [6, 6.07) is 0. The molecule has 0 spiro atoms. The number of piperidine rings is 1. The van der Waals surface area contributed by atoms with Crippen molar-refractivity contribution in [1.82, 2.24) is 10.2 Å². The molecule has 4 nitrogen and oxygen atoms in total. The zero-order valence-electron chi connectivity index (χ0n) is 12.3. The molecule has 1 fully saturated rings. The van der Waals surface area contributed by atoms with Crippen LogP contribution in [0, 0.1) is 5.41 Å². The van der Waals surface area contributed by atoms with Gasteiger partial charge in [0.25, 0.3) is 0 Å². The summed E-state index contributed by atoms with van der Waals surface area (Å²) >= 11 is 0. The molecule has 1 N–H and O–H groups in total. The number of ether oxygens (including phenoxy) is 1. The van der Waals surface area contributed by atoms with E-state index in [1.54, 1.807) is 0 Å². The lowest BCUT2D eigenvalue weighted by atomic mass is 9.96. The van der Waals surface area contributed by atoms with Gasteiger partial charge < -0.3 is 15.0 Å². The van der Waals surface area contributed by atoms with Crippen molar-refractivity contribution in [3.05, 3.63) is 0 Å². The van der Waals surface area contributed by atoms with Gasteiger partial charge in [-0.25, -0.2) is 0 Å². The summed E-state index contributed by atoms with van der Waals surface area (Å²) in [4.78, 5) is 13.7. The molecular formula is C14H28N2O2. The number of amides is 1. The van der Waals surface area contributed by atoms with E-state index in [0.717, 1.165) is 32.5 Å². The maximum atomic E-state index is 11.9. The van der Waals surface area contributed by atoms with E-state index in [2.05, 4.69) is 26.1 Å². The Morgan fingerprint density at radius 1 is 1.33 bits per heavy atom. The minimum atomic E-state index is 0.153. The molecule has 18 heavy (non-hydrogen) atoms. The largest absolute Gasteiger partial charge is 0.378 e. The summed E-state index contributed by atoms with van der Waals surface area (Å²) in [5, 5.41) is 3.30. The summed E-state index contributed by atoms with van der Waals surface area (Å²) in [5.41, 5.74) is 0.153. The fourth-order valence-corrected chi connectivity index (χ4v) is 2.27. The first-order valence-corrected chi connectivity index (χ1v) is 6.95. The highest BCUT2D eigenvalue weighted by atomic mass is 16.5. The Labute approximate surface area is 111 Å². The van der Waals surface area contributed by atoms with Gasteiger partial charge in [0.05, 0.1) is 19.1 Å². The second kappa shape index (κ2) is 7.10. The van der Waals surface area contributed by atoms with Crippen LogP contribution in [-0.2, 0) is 9.53 Å². The minimum Gasteiger partial charge on any atom is -0.378 e. The molecule has 1 aliphatic heterocycles. The van der Waals surface area contributed by atoms with Crippen molar-refractivity contribution in [3.8, 4) is 0 Å². The molecule has 1 amide bonds. The SMILES string of the molecule is CN(CC(C)(C)C)C(=O)CCOC1CCNCC1. The van der Waals surface area contributed by atoms with Crippen LogP contribution in [0.2, 0.25) is 0 Å². The highest BCUT2D eigenvalue weighted by Gasteiger charge is 2.18. The van der Waals surface area contributed by atoms with Gasteiger partial charge in [-0.3, -0.25) is 4.79 Å². The normalized spacial score (nSPS) is 17.8. The minimum absolute atomic E-state index is 0.153. The topological polar surface area (TPSA) is 41.6 Å². The Balaban J connectivity index is 2.15. The van der Waals surface area contributed by atoms with E-state index >= 15 is 0 Å². The Morgan fingerprint density at radius 2 is 1.94 bits per heavy atom. The third kappa shape index (κ3) is 6.36. The average Bonchev–Trinajstić information content (AvgIpc) is 2.28. The van der Waals surface area contributed by atoms with Crippen LogP contribution in [-0.4, -0.2) is 50.2 Å². The van der Waals surface area contributed by atoms with Crippen LogP contribution in [0.5, 0.6) is 0 Å². The molecule has 1 heterocycles. The summed E-state index contributed by atoms with van der Waals surface area (Å²) in [6.45, 7) is 9.83. The molecule has 106 valence electrons. The van der Waals surface area contributed by atoms with Crippen LogP contribution in [0.1, 0.15) is 40.0 Å². The highest BCUT2D eigenvalue weighted by Crippen LogP contribution is 2.15.